The first-order valence-electron chi connectivity index (χ1n) is 5.15. The fourth-order valence-electron chi connectivity index (χ4n) is 1.83. The number of carbonyl (C=O) groups excluding carboxylic acids is 1. The molecule has 5 nitrogen and oxygen atoms in total. The SMILES string of the molecule is O=C1CCOC(c2ccc(Cl)cc2[N+](=O)[O-])C1. The number of benzene rings is 1. The molecular formula is C11H10ClNO4. The lowest BCUT2D eigenvalue weighted by Crippen LogP contribution is -2.20. The molecule has 0 aromatic heterocycles. The number of nitro benzene ring substituents is 1. The van der Waals surface area contributed by atoms with Crippen LogP contribution in [-0.2, 0) is 9.53 Å². The lowest BCUT2D eigenvalue weighted by molar-refractivity contribution is -0.386. The summed E-state index contributed by atoms with van der Waals surface area (Å²) in [6.07, 6.45) is 0.0225. The van der Waals surface area contributed by atoms with Gasteiger partial charge in [0, 0.05) is 23.9 Å². The third-order valence-corrected chi connectivity index (χ3v) is 2.88. The van der Waals surface area contributed by atoms with E-state index in [9.17, 15) is 14.9 Å². The lowest BCUT2D eigenvalue weighted by atomic mass is 9.99. The van der Waals surface area contributed by atoms with Crippen LogP contribution in [0, 0.1) is 10.1 Å². The van der Waals surface area contributed by atoms with Gasteiger partial charge in [0.05, 0.1) is 23.2 Å². The van der Waals surface area contributed by atoms with Crippen LogP contribution in [0.2, 0.25) is 5.02 Å². The Morgan fingerprint density at radius 2 is 2.24 bits per heavy atom. The minimum Gasteiger partial charge on any atom is -0.372 e. The first kappa shape index (κ1) is 12.0. The Bertz CT molecular complexity index is 475. The summed E-state index contributed by atoms with van der Waals surface area (Å²) < 4.78 is 5.40. The lowest BCUT2D eigenvalue weighted by Gasteiger charge is -2.21. The van der Waals surface area contributed by atoms with Gasteiger partial charge in [-0.05, 0) is 12.1 Å². The van der Waals surface area contributed by atoms with Crippen molar-refractivity contribution < 1.29 is 14.5 Å². The van der Waals surface area contributed by atoms with Gasteiger partial charge >= 0.3 is 0 Å². The van der Waals surface area contributed by atoms with E-state index in [0.717, 1.165) is 0 Å². The molecule has 90 valence electrons. The molecule has 1 heterocycles. The predicted molar refractivity (Wildman–Crippen MR) is 61.0 cm³/mol. The molecule has 0 amide bonds. The highest BCUT2D eigenvalue weighted by molar-refractivity contribution is 6.30. The maximum atomic E-state index is 11.3. The summed E-state index contributed by atoms with van der Waals surface area (Å²) in [5, 5.41) is 11.2. The van der Waals surface area contributed by atoms with Gasteiger partial charge in [0.2, 0.25) is 0 Å². The number of nitro groups is 1. The first-order valence-corrected chi connectivity index (χ1v) is 5.53. The van der Waals surface area contributed by atoms with Crippen LogP contribution in [0.15, 0.2) is 18.2 Å². The number of nitrogens with zero attached hydrogens (tertiary/aromatic N) is 1. The normalized spacial score (nSPS) is 20.3. The number of ketones is 1. The van der Waals surface area contributed by atoms with Gasteiger partial charge < -0.3 is 4.74 Å². The van der Waals surface area contributed by atoms with E-state index in [4.69, 9.17) is 16.3 Å². The fourth-order valence-corrected chi connectivity index (χ4v) is 2.00. The summed E-state index contributed by atoms with van der Waals surface area (Å²) in [5.41, 5.74) is 0.310. The second-order valence-electron chi connectivity index (χ2n) is 3.81. The largest absolute Gasteiger partial charge is 0.372 e. The zero-order chi connectivity index (χ0) is 12.4. The Morgan fingerprint density at radius 3 is 2.88 bits per heavy atom. The molecule has 2 rings (SSSR count). The maximum Gasteiger partial charge on any atom is 0.276 e. The molecule has 0 saturated carbocycles. The summed E-state index contributed by atoms with van der Waals surface area (Å²) in [5.74, 6) is 0.0606. The van der Waals surface area contributed by atoms with E-state index in [1.165, 1.54) is 6.07 Å². The first-order chi connectivity index (χ1) is 8.08. The van der Waals surface area contributed by atoms with Crippen LogP contribution < -0.4 is 0 Å². The highest BCUT2D eigenvalue weighted by Gasteiger charge is 2.28. The smallest absolute Gasteiger partial charge is 0.276 e. The van der Waals surface area contributed by atoms with E-state index in [0.29, 0.717) is 23.6 Å². The maximum absolute atomic E-state index is 11.3. The summed E-state index contributed by atoms with van der Waals surface area (Å²) in [6, 6.07) is 4.38. The molecule has 1 aromatic rings. The third-order valence-electron chi connectivity index (χ3n) is 2.65. The number of rotatable bonds is 2. The second-order valence-corrected chi connectivity index (χ2v) is 4.25. The zero-order valence-electron chi connectivity index (χ0n) is 8.89. The molecule has 1 aliphatic heterocycles. The monoisotopic (exact) mass is 255 g/mol. The van der Waals surface area contributed by atoms with Crippen molar-refractivity contribution in [2.75, 3.05) is 6.61 Å². The van der Waals surface area contributed by atoms with Crippen LogP contribution in [0.25, 0.3) is 0 Å². The van der Waals surface area contributed by atoms with Crippen molar-refractivity contribution in [3.8, 4) is 0 Å². The van der Waals surface area contributed by atoms with E-state index in [2.05, 4.69) is 0 Å². The molecule has 6 heteroatoms. The Labute approximate surface area is 102 Å². The molecule has 0 aliphatic carbocycles. The Kier molecular flexibility index (Phi) is 3.40. The minimum atomic E-state index is -0.533. The number of carbonyl (C=O) groups is 1. The zero-order valence-corrected chi connectivity index (χ0v) is 9.64. The van der Waals surface area contributed by atoms with Crippen molar-refractivity contribution in [3.05, 3.63) is 38.9 Å². The average molecular weight is 256 g/mol. The van der Waals surface area contributed by atoms with Gasteiger partial charge in [-0.1, -0.05) is 11.6 Å². The molecule has 0 bridgehead atoms. The summed E-state index contributed by atoms with van der Waals surface area (Å²) in [4.78, 5) is 21.7. The highest BCUT2D eigenvalue weighted by atomic mass is 35.5. The molecule has 0 radical (unpaired) electrons. The van der Waals surface area contributed by atoms with Crippen molar-refractivity contribution in [2.24, 2.45) is 0 Å². The minimum absolute atomic E-state index is 0.0606. The highest BCUT2D eigenvalue weighted by Crippen LogP contribution is 2.34. The van der Waals surface area contributed by atoms with Gasteiger partial charge in [0.15, 0.2) is 0 Å². The van der Waals surface area contributed by atoms with E-state index < -0.39 is 11.0 Å². The Hall–Kier alpha value is -1.46. The molecule has 1 atom stereocenters. The number of halogens is 1. The van der Waals surface area contributed by atoms with Gasteiger partial charge in [-0.15, -0.1) is 0 Å². The van der Waals surface area contributed by atoms with Crippen molar-refractivity contribution >= 4 is 23.1 Å². The van der Waals surface area contributed by atoms with Crippen LogP contribution in [0.1, 0.15) is 24.5 Å². The van der Waals surface area contributed by atoms with E-state index >= 15 is 0 Å². The van der Waals surface area contributed by atoms with Gasteiger partial charge in [-0.2, -0.15) is 0 Å². The van der Waals surface area contributed by atoms with Crippen LogP contribution in [-0.4, -0.2) is 17.3 Å². The van der Waals surface area contributed by atoms with Crippen LogP contribution >= 0.6 is 11.6 Å². The molecule has 1 unspecified atom stereocenters. The number of Topliss-reactive ketones (excluding diaryl/α,β-unsaturated/α-hetero) is 1. The molecule has 1 saturated heterocycles. The van der Waals surface area contributed by atoms with Crippen molar-refractivity contribution in [3.63, 3.8) is 0 Å². The topological polar surface area (TPSA) is 69.4 Å². The predicted octanol–water partition coefficient (Wildman–Crippen LogP) is 2.67. The van der Waals surface area contributed by atoms with Gasteiger partial charge in [-0.3, -0.25) is 14.9 Å². The average Bonchev–Trinajstić information content (AvgIpc) is 2.28. The summed E-state index contributed by atoms with van der Waals surface area (Å²) in [6.45, 7) is 0.309. The molecule has 1 fully saturated rings. The molecule has 0 spiro atoms. The van der Waals surface area contributed by atoms with Gasteiger partial charge in [0.1, 0.15) is 5.78 Å². The fraction of sp³-hybridized carbons (Fsp3) is 0.364. The van der Waals surface area contributed by atoms with Crippen LogP contribution in [0.3, 0.4) is 0 Å². The molecule has 17 heavy (non-hydrogen) atoms. The number of ether oxygens (including phenoxy) is 1. The third kappa shape index (κ3) is 2.62. The second kappa shape index (κ2) is 4.81. The molecule has 0 N–H and O–H groups in total. The standard InChI is InChI=1S/C11H10ClNO4/c12-7-1-2-9(10(5-7)13(15)16)11-6-8(14)3-4-17-11/h1-2,5,11H,3-4,6H2. The molecule has 1 aliphatic rings. The summed E-state index contributed by atoms with van der Waals surface area (Å²) >= 11 is 5.72. The van der Waals surface area contributed by atoms with E-state index in [-0.39, 0.29) is 17.9 Å². The Morgan fingerprint density at radius 1 is 1.47 bits per heavy atom. The van der Waals surface area contributed by atoms with E-state index in [1.54, 1.807) is 12.1 Å². The molecule has 1 aromatic carbocycles. The van der Waals surface area contributed by atoms with Crippen molar-refractivity contribution in [1.29, 1.82) is 0 Å². The summed E-state index contributed by atoms with van der Waals surface area (Å²) in [7, 11) is 0. The number of hydrogen-bond donors (Lipinski definition) is 0. The Balaban J connectivity index is 2.37. The van der Waals surface area contributed by atoms with Gasteiger partial charge in [0.25, 0.3) is 5.69 Å². The number of hydrogen-bond acceptors (Lipinski definition) is 4. The van der Waals surface area contributed by atoms with Crippen molar-refractivity contribution in [2.45, 2.75) is 18.9 Å². The molecular weight excluding hydrogens is 246 g/mol. The van der Waals surface area contributed by atoms with Crippen LogP contribution in [0.4, 0.5) is 5.69 Å². The van der Waals surface area contributed by atoms with E-state index in [1.807, 2.05) is 0 Å². The van der Waals surface area contributed by atoms with Crippen LogP contribution in [0.5, 0.6) is 0 Å². The van der Waals surface area contributed by atoms with Crippen molar-refractivity contribution in [1.82, 2.24) is 0 Å². The van der Waals surface area contributed by atoms with Gasteiger partial charge in [-0.25, -0.2) is 0 Å². The quantitative estimate of drug-likeness (QED) is 0.602.